The number of ether oxygens (including phenoxy) is 1. The molecule has 3 rings (SSSR count). The van der Waals surface area contributed by atoms with Crippen LogP contribution >= 0.6 is 24.0 Å². The van der Waals surface area contributed by atoms with Crippen LogP contribution in [-0.4, -0.2) is 36.5 Å². The highest BCUT2D eigenvalue weighted by atomic mass is 35.5. The second-order valence-electron chi connectivity index (χ2n) is 5.84. The fourth-order valence-corrected chi connectivity index (χ4v) is 3.13. The number of likely N-dealkylation sites (tertiary alicyclic amines) is 1. The van der Waals surface area contributed by atoms with Gasteiger partial charge < -0.3 is 15.4 Å². The number of nitrogens with two attached hydrogens (primary N) is 1. The van der Waals surface area contributed by atoms with E-state index in [2.05, 4.69) is 0 Å². The first kappa shape index (κ1) is 19.5. The van der Waals surface area contributed by atoms with Crippen LogP contribution in [0.2, 0.25) is 5.02 Å². The zero-order chi connectivity index (χ0) is 17.1. The summed E-state index contributed by atoms with van der Waals surface area (Å²) in [4.78, 5) is 14.0. The van der Waals surface area contributed by atoms with Gasteiger partial charge in [0.1, 0.15) is 11.6 Å². The van der Waals surface area contributed by atoms with Crippen molar-refractivity contribution in [1.29, 1.82) is 0 Å². The van der Waals surface area contributed by atoms with Crippen LogP contribution in [0.15, 0.2) is 48.5 Å². The van der Waals surface area contributed by atoms with Gasteiger partial charge in [0.2, 0.25) is 0 Å². The maximum atomic E-state index is 13.0. The SMILES string of the molecule is Cl.N[C@@H]1CN(C(=O)COc2ccc(F)cc2Cl)C[C@H]1c1ccccc1. The average Bonchev–Trinajstić information content (AvgIpc) is 2.96. The Bertz CT molecular complexity index is 730. The first-order chi connectivity index (χ1) is 11.5. The Morgan fingerprint density at radius 3 is 2.64 bits per heavy atom. The van der Waals surface area contributed by atoms with E-state index in [0.29, 0.717) is 13.1 Å². The van der Waals surface area contributed by atoms with Crippen LogP contribution in [-0.2, 0) is 4.79 Å². The summed E-state index contributed by atoms with van der Waals surface area (Å²) in [6.45, 7) is 0.892. The average molecular weight is 385 g/mol. The topological polar surface area (TPSA) is 55.6 Å². The standard InChI is InChI=1S/C18H18ClFN2O2.ClH/c19-15-8-13(20)6-7-17(15)24-11-18(23)22-9-14(16(21)10-22)12-4-2-1-3-5-12;/h1-8,14,16H,9-11,21H2;1H/t14-,16+;/m0./s1. The summed E-state index contributed by atoms with van der Waals surface area (Å²) in [7, 11) is 0. The fourth-order valence-electron chi connectivity index (χ4n) is 2.91. The summed E-state index contributed by atoms with van der Waals surface area (Å²) in [5.74, 6) is -0.210. The summed E-state index contributed by atoms with van der Waals surface area (Å²) in [5.41, 5.74) is 7.32. The van der Waals surface area contributed by atoms with E-state index in [4.69, 9.17) is 22.1 Å². The Balaban J connectivity index is 0.00000225. The summed E-state index contributed by atoms with van der Waals surface area (Å²) in [6, 6.07) is 13.6. The van der Waals surface area contributed by atoms with Gasteiger partial charge in [-0.3, -0.25) is 4.79 Å². The minimum Gasteiger partial charge on any atom is -0.482 e. The van der Waals surface area contributed by atoms with Crippen molar-refractivity contribution in [2.45, 2.75) is 12.0 Å². The Morgan fingerprint density at radius 1 is 1.24 bits per heavy atom. The molecule has 1 heterocycles. The minimum atomic E-state index is -0.449. The van der Waals surface area contributed by atoms with Crippen molar-refractivity contribution in [3.63, 3.8) is 0 Å². The molecule has 0 saturated carbocycles. The Morgan fingerprint density at radius 2 is 1.96 bits per heavy atom. The molecule has 0 aliphatic carbocycles. The van der Waals surface area contributed by atoms with Crippen LogP contribution in [0.1, 0.15) is 11.5 Å². The number of carbonyl (C=O) groups is 1. The van der Waals surface area contributed by atoms with Crippen LogP contribution in [0.25, 0.3) is 0 Å². The number of benzene rings is 2. The molecule has 7 heteroatoms. The molecular formula is C18H19Cl2FN2O2. The molecule has 1 saturated heterocycles. The molecule has 2 atom stereocenters. The maximum absolute atomic E-state index is 13.0. The van der Waals surface area contributed by atoms with Crippen LogP contribution in [0, 0.1) is 5.82 Å². The summed E-state index contributed by atoms with van der Waals surface area (Å²) in [5, 5.41) is 0.142. The van der Waals surface area contributed by atoms with Crippen molar-refractivity contribution >= 4 is 29.9 Å². The van der Waals surface area contributed by atoms with Crippen molar-refractivity contribution in [2.75, 3.05) is 19.7 Å². The summed E-state index contributed by atoms with van der Waals surface area (Å²) >= 11 is 5.89. The van der Waals surface area contributed by atoms with Gasteiger partial charge in [0, 0.05) is 25.0 Å². The molecule has 134 valence electrons. The lowest BCUT2D eigenvalue weighted by atomic mass is 9.95. The maximum Gasteiger partial charge on any atom is 0.260 e. The van der Waals surface area contributed by atoms with Gasteiger partial charge in [-0.15, -0.1) is 12.4 Å². The number of amides is 1. The molecule has 2 aromatic rings. The van der Waals surface area contributed by atoms with Crippen LogP contribution in [0.3, 0.4) is 0 Å². The molecule has 0 aromatic heterocycles. The molecule has 25 heavy (non-hydrogen) atoms. The van der Waals surface area contributed by atoms with Gasteiger partial charge in [-0.05, 0) is 23.8 Å². The molecule has 0 spiro atoms. The minimum absolute atomic E-state index is 0. The molecule has 1 aliphatic rings. The quantitative estimate of drug-likeness (QED) is 0.879. The highest BCUT2D eigenvalue weighted by Gasteiger charge is 2.33. The van der Waals surface area contributed by atoms with E-state index in [9.17, 15) is 9.18 Å². The van der Waals surface area contributed by atoms with Gasteiger partial charge in [-0.1, -0.05) is 41.9 Å². The van der Waals surface area contributed by atoms with Crippen LogP contribution < -0.4 is 10.5 Å². The molecular weight excluding hydrogens is 366 g/mol. The van der Waals surface area contributed by atoms with Crippen molar-refractivity contribution in [1.82, 2.24) is 4.90 Å². The zero-order valence-corrected chi connectivity index (χ0v) is 15.0. The molecule has 1 aliphatic heterocycles. The lowest BCUT2D eigenvalue weighted by Crippen LogP contribution is -2.35. The van der Waals surface area contributed by atoms with Crippen LogP contribution in [0.4, 0.5) is 4.39 Å². The highest BCUT2D eigenvalue weighted by Crippen LogP contribution is 2.27. The Hall–Kier alpha value is -1.82. The summed E-state index contributed by atoms with van der Waals surface area (Å²) < 4.78 is 18.4. The molecule has 0 unspecified atom stereocenters. The predicted molar refractivity (Wildman–Crippen MR) is 97.9 cm³/mol. The van der Waals surface area contributed by atoms with E-state index < -0.39 is 5.82 Å². The van der Waals surface area contributed by atoms with Gasteiger partial charge in [-0.2, -0.15) is 0 Å². The van der Waals surface area contributed by atoms with Gasteiger partial charge in [0.15, 0.2) is 6.61 Å². The zero-order valence-electron chi connectivity index (χ0n) is 13.4. The van der Waals surface area contributed by atoms with E-state index in [1.54, 1.807) is 4.90 Å². The van der Waals surface area contributed by atoms with Crippen molar-refractivity contribution < 1.29 is 13.9 Å². The Kier molecular flexibility index (Phi) is 6.64. The number of nitrogens with zero attached hydrogens (tertiary/aromatic N) is 1. The van der Waals surface area contributed by atoms with E-state index in [1.807, 2.05) is 30.3 Å². The van der Waals surface area contributed by atoms with Gasteiger partial charge in [-0.25, -0.2) is 4.39 Å². The number of carbonyl (C=O) groups excluding carboxylic acids is 1. The largest absolute Gasteiger partial charge is 0.482 e. The smallest absolute Gasteiger partial charge is 0.260 e. The van der Waals surface area contributed by atoms with Crippen LogP contribution in [0.5, 0.6) is 5.75 Å². The second kappa shape index (κ2) is 8.52. The van der Waals surface area contributed by atoms with E-state index in [1.165, 1.54) is 12.1 Å². The lowest BCUT2D eigenvalue weighted by molar-refractivity contribution is -0.132. The van der Waals surface area contributed by atoms with Gasteiger partial charge in [0.05, 0.1) is 5.02 Å². The van der Waals surface area contributed by atoms with E-state index in [0.717, 1.165) is 11.6 Å². The number of rotatable bonds is 4. The lowest BCUT2D eigenvalue weighted by Gasteiger charge is -2.17. The van der Waals surface area contributed by atoms with E-state index in [-0.39, 0.29) is 47.7 Å². The third-order valence-corrected chi connectivity index (χ3v) is 4.49. The van der Waals surface area contributed by atoms with Gasteiger partial charge >= 0.3 is 0 Å². The molecule has 2 N–H and O–H groups in total. The van der Waals surface area contributed by atoms with Gasteiger partial charge in [0.25, 0.3) is 5.91 Å². The fraction of sp³-hybridized carbons (Fsp3) is 0.278. The molecule has 0 radical (unpaired) electrons. The third-order valence-electron chi connectivity index (χ3n) is 4.19. The molecule has 1 amide bonds. The highest BCUT2D eigenvalue weighted by molar-refractivity contribution is 6.32. The molecule has 1 fully saturated rings. The monoisotopic (exact) mass is 384 g/mol. The predicted octanol–water partition coefficient (Wildman–Crippen LogP) is 3.23. The van der Waals surface area contributed by atoms with Crippen molar-refractivity contribution in [3.05, 3.63) is 64.9 Å². The Labute approximate surface area is 157 Å². The number of halogens is 3. The summed E-state index contributed by atoms with van der Waals surface area (Å²) in [6.07, 6.45) is 0. The number of hydrogen-bond acceptors (Lipinski definition) is 3. The normalized spacial score (nSPS) is 19.4. The number of hydrogen-bond donors (Lipinski definition) is 1. The van der Waals surface area contributed by atoms with Crippen molar-refractivity contribution in [3.8, 4) is 5.75 Å². The molecule has 2 aromatic carbocycles. The second-order valence-corrected chi connectivity index (χ2v) is 6.25. The molecule has 4 nitrogen and oxygen atoms in total. The first-order valence-corrected chi connectivity index (χ1v) is 8.08. The molecule has 0 bridgehead atoms. The van der Waals surface area contributed by atoms with E-state index >= 15 is 0 Å². The third kappa shape index (κ3) is 4.63. The first-order valence-electron chi connectivity index (χ1n) is 7.71. The van der Waals surface area contributed by atoms with Crippen molar-refractivity contribution in [2.24, 2.45) is 5.73 Å².